The Hall–Kier alpha value is -0.650. The van der Waals surface area contributed by atoms with Gasteiger partial charge in [-0.2, -0.15) is 0 Å². The fourth-order valence-corrected chi connectivity index (χ4v) is 3.71. The summed E-state index contributed by atoms with van der Waals surface area (Å²) in [6.45, 7) is 3.72. The second-order valence-corrected chi connectivity index (χ2v) is 6.62. The van der Waals surface area contributed by atoms with E-state index in [1.165, 1.54) is 23.4 Å². The summed E-state index contributed by atoms with van der Waals surface area (Å²) in [6.07, 6.45) is 5.59. The summed E-state index contributed by atoms with van der Waals surface area (Å²) >= 11 is 1.66. The normalized spacial score (nSPS) is 25.5. The number of fused-ring (bicyclic) bond motifs is 1. The van der Waals surface area contributed by atoms with E-state index in [0.29, 0.717) is 0 Å². The molecular weight excluding hydrogens is 282 g/mol. The first kappa shape index (κ1) is 14.8. The number of hydrogen-bond donors (Lipinski definition) is 2. The lowest BCUT2D eigenvalue weighted by Gasteiger charge is -2.20. The van der Waals surface area contributed by atoms with Crippen molar-refractivity contribution in [3.8, 4) is 0 Å². The highest BCUT2D eigenvalue weighted by molar-refractivity contribution is 7.15. The number of aromatic nitrogens is 1. The van der Waals surface area contributed by atoms with Crippen molar-refractivity contribution in [3.63, 3.8) is 0 Å². The number of carbonyl (C=O) groups is 1. The smallest absolute Gasteiger partial charge is 0.233 e. The topological polar surface area (TPSA) is 54.0 Å². The Kier molecular flexibility index (Phi) is 4.48. The van der Waals surface area contributed by atoms with Crippen molar-refractivity contribution < 1.29 is 4.79 Å². The summed E-state index contributed by atoms with van der Waals surface area (Å²) in [4.78, 5) is 18.2. The van der Waals surface area contributed by atoms with Gasteiger partial charge in [-0.3, -0.25) is 4.79 Å². The van der Waals surface area contributed by atoms with Crippen LogP contribution in [0.5, 0.6) is 0 Å². The standard InChI is InChI=1S/C13H19N3OS.ClH/c1-13(6-7-14-8-13)11(17)16-12-15-9-4-2-3-5-10(9)18-12;/h14H,2-8H2,1H3,(H,15,16,17);1H. The number of thiazole rings is 1. The highest BCUT2D eigenvalue weighted by Crippen LogP contribution is 2.32. The van der Waals surface area contributed by atoms with Gasteiger partial charge in [0.25, 0.3) is 0 Å². The van der Waals surface area contributed by atoms with E-state index in [1.807, 2.05) is 6.92 Å². The maximum Gasteiger partial charge on any atom is 0.233 e. The predicted octanol–water partition coefficient (Wildman–Crippen LogP) is 2.38. The lowest BCUT2D eigenvalue weighted by atomic mass is 9.89. The van der Waals surface area contributed by atoms with Gasteiger partial charge in [0.15, 0.2) is 5.13 Å². The third-order valence-electron chi connectivity index (χ3n) is 3.98. The van der Waals surface area contributed by atoms with E-state index in [9.17, 15) is 4.79 Å². The molecule has 106 valence electrons. The highest BCUT2D eigenvalue weighted by atomic mass is 35.5. The maximum absolute atomic E-state index is 12.3. The van der Waals surface area contributed by atoms with Crippen LogP contribution < -0.4 is 10.6 Å². The minimum absolute atomic E-state index is 0. The van der Waals surface area contributed by atoms with E-state index in [1.54, 1.807) is 11.3 Å². The highest BCUT2D eigenvalue weighted by Gasteiger charge is 2.36. The third-order valence-corrected chi connectivity index (χ3v) is 5.06. The zero-order chi connectivity index (χ0) is 12.6. The van der Waals surface area contributed by atoms with E-state index in [-0.39, 0.29) is 23.7 Å². The zero-order valence-electron chi connectivity index (χ0n) is 11.1. The van der Waals surface area contributed by atoms with Crippen molar-refractivity contribution >= 4 is 34.8 Å². The van der Waals surface area contributed by atoms with Gasteiger partial charge in [0, 0.05) is 11.4 Å². The average molecular weight is 302 g/mol. The third kappa shape index (κ3) is 2.93. The van der Waals surface area contributed by atoms with Gasteiger partial charge in [0.05, 0.1) is 11.1 Å². The Labute approximate surface area is 123 Å². The monoisotopic (exact) mass is 301 g/mol. The molecule has 1 atom stereocenters. The number of aryl methyl sites for hydroxylation is 2. The van der Waals surface area contributed by atoms with E-state index < -0.39 is 0 Å². The summed E-state index contributed by atoms with van der Waals surface area (Å²) in [5.41, 5.74) is 0.933. The van der Waals surface area contributed by atoms with E-state index >= 15 is 0 Å². The van der Waals surface area contributed by atoms with Gasteiger partial charge in [-0.25, -0.2) is 4.98 Å². The Balaban J connectivity index is 0.00000133. The molecule has 4 nitrogen and oxygen atoms in total. The van der Waals surface area contributed by atoms with Crippen LogP contribution in [0.15, 0.2) is 0 Å². The number of nitrogens with zero attached hydrogens (tertiary/aromatic N) is 1. The number of nitrogens with one attached hydrogen (secondary N) is 2. The van der Waals surface area contributed by atoms with Crippen LogP contribution in [0.3, 0.4) is 0 Å². The molecule has 19 heavy (non-hydrogen) atoms. The lowest BCUT2D eigenvalue weighted by Crippen LogP contribution is -2.35. The summed E-state index contributed by atoms with van der Waals surface area (Å²) in [5.74, 6) is 0.110. The molecule has 0 bridgehead atoms. The number of anilines is 1. The Morgan fingerprint density at radius 1 is 1.42 bits per heavy atom. The Bertz CT molecular complexity index is 445. The van der Waals surface area contributed by atoms with Crippen LogP contribution in [0.1, 0.15) is 36.8 Å². The molecular formula is C13H20ClN3OS. The Morgan fingerprint density at radius 3 is 2.89 bits per heavy atom. The zero-order valence-corrected chi connectivity index (χ0v) is 12.8. The van der Waals surface area contributed by atoms with Crippen LogP contribution in [0.25, 0.3) is 0 Å². The minimum Gasteiger partial charge on any atom is -0.316 e. The van der Waals surface area contributed by atoms with Gasteiger partial charge in [0.1, 0.15) is 0 Å². The fraction of sp³-hybridized carbons (Fsp3) is 0.692. The molecule has 1 fully saturated rings. The quantitative estimate of drug-likeness (QED) is 0.882. The molecule has 0 spiro atoms. The molecule has 2 aliphatic rings. The summed E-state index contributed by atoms with van der Waals surface area (Å²) in [5, 5.41) is 7.05. The van der Waals surface area contributed by atoms with Crippen molar-refractivity contribution in [3.05, 3.63) is 10.6 Å². The fourth-order valence-electron chi connectivity index (χ4n) is 2.66. The first-order valence-corrected chi connectivity index (χ1v) is 7.50. The molecule has 1 unspecified atom stereocenters. The van der Waals surface area contributed by atoms with Gasteiger partial charge in [-0.1, -0.05) is 0 Å². The molecule has 0 radical (unpaired) electrons. The van der Waals surface area contributed by atoms with Crippen LogP contribution in [0.4, 0.5) is 5.13 Å². The molecule has 1 aromatic rings. The molecule has 1 aromatic heterocycles. The molecule has 1 aliphatic carbocycles. The van der Waals surface area contributed by atoms with Crippen molar-refractivity contribution in [1.82, 2.24) is 10.3 Å². The molecule has 1 saturated heterocycles. The first-order valence-electron chi connectivity index (χ1n) is 6.68. The van der Waals surface area contributed by atoms with E-state index in [4.69, 9.17) is 0 Å². The molecule has 1 aliphatic heterocycles. The predicted molar refractivity (Wildman–Crippen MR) is 80.2 cm³/mol. The second-order valence-electron chi connectivity index (χ2n) is 5.54. The minimum atomic E-state index is -0.272. The van der Waals surface area contributed by atoms with Gasteiger partial charge < -0.3 is 10.6 Å². The van der Waals surface area contributed by atoms with E-state index in [2.05, 4.69) is 15.6 Å². The van der Waals surface area contributed by atoms with Crippen LogP contribution in [0, 0.1) is 5.41 Å². The van der Waals surface area contributed by atoms with Crippen molar-refractivity contribution in [2.75, 3.05) is 18.4 Å². The van der Waals surface area contributed by atoms with E-state index in [0.717, 1.165) is 37.5 Å². The van der Waals surface area contributed by atoms with Crippen LogP contribution >= 0.6 is 23.7 Å². The second kappa shape index (κ2) is 5.77. The molecule has 0 saturated carbocycles. The SMILES string of the molecule is CC1(C(=O)Nc2nc3c(s2)CCCC3)CCNC1.Cl. The van der Waals surface area contributed by atoms with Crippen molar-refractivity contribution in [1.29, 1.82) is 0 Å². The first-order chi connectivity index (χ1) is 8.67. The van der Waals surface area contributed by atoms with Crippen LogP contribution in [-0.2, 0) is 17.6 Å². The van der Waals surface area contributed by atoms with Gasteiger partial charge in [-0.15, -0.1) is 23.7 Å². The molecule has 3 rings (SSSR count). The van der Waals surface area contributed by atoms with Crippen molar-refractivity contribution in [2.24, 2.45) is 5.41 Å². The number of amides is 1. The lowest BCUT2D eigenvalue weighted by molar-refractivity contribution is -0.123. The number of hydrogen-bond acceptors (Lipinski definition) is 4. The summed E-state index contributed by atoms with van der Waals surface area (Å²) in [6, 6.07) is 0. The maximum atomic E-state index is 12.3. The van der Waals surface area contributed by atoms with Crippen molar-refractivity contribution in [2.45, 2.75) is 39.0 Å². The number of halogens is 1. The van der Waals surface area contributed by atoms with Gasteiger partial charge >= 0.3 is 0 Å². The Morgan fingerprint density at radius 2 is 2.21 bits per heavy atom. The van der Waals surface area contributed by atoms with Gasteiger partial charge in [0.2, 0.25) is 5.91 Å². The molecule has 2 N–H and O–H groups in total. The summed E-state index contributed by atoms with van der Waals surface area (Å²) in [7, 11) is 0. The van der Waals surface area contributed by atoms with Crippen LogP contribution in [-0.4, -0.2) is 24.0 Å². The number of rotatable bonds is 2. The largest absolute Gasteiger partial charge is 0.316 e. The molecule has 0 aromatic carbocycles. The van der Waals surface area contributed by atoms with Gasteiger partial charge in [-0.05, 0) is 45.6 Å². The number of carbonyl (C=O) groups excluding carboxylic acids is 1. The average Bonchev–Trinajstić information content (AvgIpc) is 2.95. The molecule has 2 heterocycles. The van der Waals surface area contributed by atoms with Crippen LogP contribution in [0.2, 0.25) is 0 Å². The summed E-state index contributed by atoms with van der Waals surface area (Å²) < 4.78 is 0. The molecule has 6 heteroatoms. The molecule has 1 amide bonds.